The summed E-state index contributed by atoms with van der Waals surface area (Å²) in [7, 11) is 0. The molecule has 2 aromatic rings. The number of carbonyl (C=O) groups is 1. The minimum atomic E-state index is 0.0790. The van der Waals surface area contributed by atoms with E-state index in [0.717, 1.165) is 29.1 Å². The molecule has 5 heteroatoms. The topological polar surface area (TPSA) is 47.4 Å². The number of amides is 1. The van der Waals surface area contributed by atoms with E-state index in [4.69, 9.17) is 9.84 Å². The quantitative estimate of drug-likeness (QED) is 0.858. The van der Waals surface area contributed by atoms with Crippen molar-refractivity contribution in [1.29, 1.82) is 0 Å². The van der Waals surface area contributed by atoms with Crippen LogP contribution in [0.3, 0.4) is 0 Å². The molecular weight excluding hydrogens is 314 g/mol. The van der Waals surface area contributed by atoms with Crippen molar-refractivity contribution in [3.05, 3.63) is 46.8 Å². The van der Waals surface area contributed by atoms with Crippen molar-refractivity contribution in [2.75, 3.05) is 26.3 Å². The predicted octanol–water partition coefficient (Wildman–Crippen LogP) is 3.16. The first kappa shape index (κ1) is 17.7. The molecule has 5 nitrogen and oxygen atoms in total. The highest BCUT2D eigenvalue weighted by Gasteiger charge is 2.27. The van der Waals surface area contributed by atoms with Gasteiger partial charge < -0.3 is 9.64 Å². The third-order valence-corrected chi connectivity index (χ3v) is 4.55. The Kier molecular flexibility index (Phi) is 5.23. The molecule has 0 radical (unpaired) electrons. The predicted molar refractivity (Wildman–Crippen MR) is 98.3 cm³/mol. The molecule has 25 heavy (non-hydrogen) atoms. The molecule has 1 aliphatic heterocycles. The molecule has 1 aliphatic rings. The number of rotatable bonds is 4. The van der Waals surface area contributed by atoms with Gasteiger partial charge in [-0.25, -0.2) is 4.68 Å². The normalized spacial score (nSPS) is 15.0. The van der Waals surface area contributed by atoms with Gasteiger partial charge in [-0.2, -0.15) is 5.10 Å². The summed E-state index contributed by atoms with van der Waals surface area (Å²) in [5.41, 5.74) is 4.75. The van der Waals surface area contributed by atoms with E-state index in [1.54, 1.807) is 0 Å². The van der Waals surface area contributed by atoms with Gasteiger partial charge in [0.25, 0.3) is 5.91 Å². The molecular formula is C20H27N3O2. The molecule has 0 bridgehead atoms. The Morgan fingerprint density at radius 2 is 1.96 bits per heavy atom. The van der Waals surface area contributed by atoms with Gasteiger partial charge in [-0.1, -0.05) is 26.0 Å². The van der Waals surface area contributed by atoms with Gasteiger partial charge in [0.05, 0.1) is 35.9 Å². The molecule has 1 saturated heterocycles. The first-order valence-corrected chi connectivity index (χ1v) is 9.00. The average Bonchev–Trinajstić information content (AvgIpc) is 2.90. The Hall–Kier alpha value is -2.14. The Bertz CT molecular complexity index is 758. The summed E-state index contributed by atoms with van der Waals surface area (Å²) in [4.78, 5) is 15.0. The molecule has 1 amide bonds. The number of ether oxygens (including phenoxy) is 1. The van der Waals surface area contributed by atoms with Gasteiger partial charge in [0, 0.05) is 13.1 Å². The molecule has 134 valence electrons. The van der Waals surface area contributed by atoms with Crippen molar-refractivity contribution >= 4 is 5.91 Å². The first-order valence-electron chi connectivity index (χ1n) is 9.00. The van der Waals surface area contributed by atoms with Crippen molar-refractivity contribution in [3.63, 3.8) is 0 Å². The molecule has 1 aromatic heterocycles. The van der Waals surface area contributed by atoms with E-state index in [9.17, 15) is 4.79 Å². The minimum Gasteiger partial charge on any atom is -0.378 e. The van der Waals surface area contributed by atoms with Crippen molar-refractivity contribution in [2.45, 2.75) is 34.1 Å². The van der Waals surface area contributed by atoms with Gasteiger partial charge in [0.2, 0.25) is 0 Å². The SMILES string of the molecule is Cc1cccc(-n2nc(CC(C)C)c(C(=O)N3CCOCC3)c2C)c1. The highest BCUT2D eigenvalue weighted by molar-refractivity contribution is 5.96. The monoisotopic (exact) mass is 341 g/mol. The maximum Gasteiger partial charge on any atom is 0.257 e. The number of aryl methyl sites for hydroxylation is 1. The van der Waals surface area contributed by atoms with Gasteiger partial charge in [-0.3, -0.25) is 4.79 Å². The largest absolute Gasteiger partial charge is 0.378 e. The van der Waals surface area contributed by atoms with Crippen LogP contribution in [0.15, 0.2) is 24.3 Å². The molecule has 0 atom stereocenters. The van der Waals surface area contributed by atoms with Crippen molar-refractivity contribution in [2.24, 2.45) is 5.92 Å². The van der Waals surface area contributed by atoms with Gasteiger partial charge in [0.15, 0.2) is 0 Å². The van der Waals surface area contributed by atoms with E-state index in [1.807, 2.05) is 28.6 Å². The number of morpholine rings is 1. The lowest BCUT2D eigenvalue weighted by Gasteiger charge is -2.27. The zero-order valence-electron chi connectivity index (χ0n) is 15.6. The highest BCUT2D eigenvalue weighted by Crippen LogP contribution is 2.23. The minimum absolute atomic E-state index is 0.0790. The maximum atomic E-state index is 13.2. The van der Waals surface area contributed by atoms with Crippen LogP contribution in [0.2, 0.25) is 0 Å². The summed E-state index contributed by atoms with van der Waals surface area (Å²) < 4.78 is 7.30. The zero-order chi connectivity index (χ0) is 18.0. The third-order valence-electron chi connectivity index (χ3n) is 4.55. The maximum absolute atomic E-state index is 13.2. The van der Waals surface area contributed by atoms with Crippen LogP contribution in [0.5, 0.6) is 0 Å². The zero-order valence-corrected chi connectivity index (χ0v) is 15.6. The fourth-order valence-electron chi connectivity index (χ4n) is 3.30. The molecule has 3 rings (SSSR count). The number of aromatic nitrogens is 2. The van der Waals surface area contributed by atoms with E-state index in [2.05, 4.69) is 32.9 Å². The van der Waals surface area contributed by atoms with E-state index < -0.39 is 0 Å². The van der Waals surface area contributed by atoms with E-state index in [1.165, 1.54) is 5.56 Å². The van der Waals surface area contributed by atoms with Crippen molar-refractivity contribution < 1.29 is 9.53 Å². The smallest absolute Gasteiger partial charge is 0.257 e. The molecule has 0 N–H and O–H groups in total. The van der Waals surface area contributed by atoms with Crippen LogP contribution in [0.1, 0.15) is 41.2 Å². The standard InChI is InChI=1S/C20H27N3O2/c1-14(2)12-18-19(20(24)22-8-10-25-11-9-22)16(4)23(21-18)17-7-5-6-15(3)13-17/h5-7,13-14H,8-12H2,1-4H3. The number of hydrogen-bond acceptors (Lipinski definition) is 3. The lowest BCUT2D eigenvalue weighted by Crippen LogP contribution is -2.41. The summed E-state index contributed by atoms with van der Waals surface area (Å²) in [5, 5.41) is 4.82. The second-order valence-corrected chi connectivity index (χ2v) is 7.16. The first-order chi connectivity index (χ1) is 12.0. The lowest BCUT2D eigenvalue weighted by atomic mass is 10.0. The van der Waals surface area contributed by atoms with Crippen molar-refractivity contribution in [1.82, 2.24) is 14.7 Å². The van der Waals surface area contributed by atoms with Gasteiger partial charge in [-0.15, -0.1) is 0 Å². The average molecular weight is 341 g/mol. The van der Waals surface area contributed by atoms with Crippen LogP contribution in [-0.2, 0) is 11.2 Å². The highest BCUT2D eigenvalue weighted by atomic mass is 16.5. The Balaban J connectivity index is 2.04. The van der Waals surface area contributed by atoms with Gasteiger partial charge >= 0.3 is 0 Å². The summed E-state index contributed by atoms with van der Waals surface area (Å²) in [6.45, 7) is 10.9. The lowest BCUT2D eigenvalue weighted by molar-refractivity contribution is 0.0301. The second kappa shape index (κ2) is 7.40. The fourth-order valence-corrected chi connectivity index (χ4v) is 3.30. The number of benzene rings is 1. The third kappa shape index (κ3) is 3.76. The fraction of sp³-hybridized carbons (Fsp3) is 0.500. The van der Waals surface area contributed by atoms with Crippen LogP contribution in [-0.4, -0.2) is 46.9 Å². The Morgan fingerprint density at radius 3 is 2.60 bits per heavy atom. The van der Waals surface area contributed by atoms with E-state index >= 15 is 0 Å². The van der Waals surface area contributed by atoms with Crippen LogP contribution in [0.4, 0.5) is 0 Å². The molecule has 2 heterocycles. The van der Waals surface area contributed by atoms with Crippen LogP contribution >= 0.6 is 0 Å². The Morgan fingerprint density at radius 1 is 1.24 bits per heavy atom. The van der Waals surface area contributed by atoms with Crippen LogP contribution in [0.25, 0.3) is 5.69 Å². The van der Waals surface area contributed by atoms with Gasteiger partial charge in [0.1, 0.15) is 0 Å². The number of carbonyl (C=O) groups excluding carboxylic acids is 1. The molecule has 0 saturated carbocycles. The Labute approximate surface area is 149 Å². The summed E-state index contributed by atoms with van der Waals surface area (Å²) in [6.07, 6.45) is 0.797. The van der Waals surface area contributed by atoms with Gasteiger partial charge in [-0.05, 0) is 43.9 Å². The summed E-state index contributed by atoms with van der Waals surface area (Å²) >= 11 is 0. The molecule has 0 spiro atoms. The molecule has 1 fully saturated rings. The molecule has 1 aromatic carbocycles. The van der Waals surface area contributed by atoms with Crippen LogP contribution < -0.4 is 0 Å². The summed E-state index contributed by atoms with van der Waals surface area (Å²) in [6, 6.07) is 8.23. The van der Waals surface area contributed by atoms with E-state index in [-0.39, 0.29) is 5.91 Å². The number of nitrogens with zero attached hydrogens (tertiary/aromatic N) is 3. The summed E-state index contributed by atoms with van der Waals surface area (Å²) in [5.74, 6) is 0.520. The second-order valence-electron chi connectivity index (χ2n) is 7.16. The molecule has 0 aliphatic carbocycles. The van der Waals surface area contributed by atoms with Crippen molar-refractivity contribution in [3.8, 4) is 5.69 Å². The molecule has 0 unspecified atom stereocenters. The van der Waals surface area contributed by atoms with E-state index in [0.29, 0.717) is 32.2 Å². The van der Waals surface area contributed by atoms with Crippen LogP contribution in [0, 0.1) is 19.8 Å². The number of hydrogen-bond donors (Lipinski definition) is 0.